The average Bonchev–Trinajstić information content (AvgIpc) is 3.05. The lowest BCUT2D eigenvalue weighted by Gasteiger charge is -2.39. The molecule has 0 bridgehead atoms. The van der Waals surface area contributed by atoms with Crippen LogP contribution in [-0.2, 0) is 12.7 Å². The van der Waals surface area contributed by atoms with Crippen LogP contribution in [0.25, 0.3) is 0 Å². The molecule has 150 valence electrons. The van der Waals surface area contributed by atoms with Gasteiger partial charge in [-0.3, -0.25) is 4.90 Å². The maximum absolute atomic E-state index is 14.0. The Balaban J connectivity index is 1.51. The summed E-state index contributed by atoms with van der Waals surface area (Å²) in [5, 5.41) is 0. The number of piperidine rings is 1. The van der Waals surface area contributed by atoms with Gasteiger partial charge in [-0.25, -0.2) is 18.7 Å². The van der Waals surface area contributed by atoms with E-state index in [1.807, 2.05) is 4.90 Å². The second-order valence-corrected chi connectivity index (χ2v) is 7.32. The van der Waals surface area contributed by atoms with Crippen LogP contribution in [-0.4, -0.2) is 40.5 Å². The Morgan fingerprint density at radius 3 is 2.57 bits per heavy atom. The van der Waals surface area contributed by atoms with Gasteiger partial charge in [-0.15, -0.1) is 0 Å². The summed E-state index contributed by atoms with van der Waals surface area (Å²) in [7, 11) is 0. The van der Waals surface area contributed by atoms with Crippen LogP contribution in [0.4, 0.5) is 27.8 Å². The topological polar surface area (TPSA) is 32.3 Å². The first-order valence-corrected chi connectivity index (χ1v) is 9.13. The second-order valence-electron chi connectivity index (χ2n) is 7.32. The summed E-state index contributed by atoms with van der Waals surface area (Å²) >= 11 is 0. The van der Waals surface area contributed by atoms with Gasteiger partial charge in [-0.05, 0) is 31.4 Å². The van der Waals surface area contributed by atoms with Gasteiger partial charge in [0.2, 0.25) is 0 Å². The zero-order valence-electron chi connectivity index (χ0n) is 15.0. The van der Waals surface area contributed by atoms with E-state index in [2.05, 4.69) is 14.9 Å². The highest BCUT2D eigenvalue weighted by atomic mass is 19.4. The maximum atomic E-state index is 14.0. The monoisotopic (exact) mass is 398 g/mol. The highest BCUT2D eigenvalue weighted by Gasteiger charge is 2.39. The number of halogens is 5. The largest absolute Gasteiger partial charge is 0.433 e. The smallest absolute Gasteiger partial charge is 0.355 e. The fourth-order valence-electron chi connectivity index (χ4n) is 4.18. The Bertz CT molecular complexity index is 856. The van der Waals surface area contributed by atoms with Crippen LogP contribution in [0, 0.1) is 17.6 Å². The first-order valence-electron chi connectivity index (χ1n) is 9.13. The van der Waals surface area contributed by atoms with Gasteiger partial charge >= 0.3 is 6.18 Å². The van der Waals surface area contributed by atoms with Gasteiger partial charge in [0.1, 0.15) is 29.5 Å². The molecule has 9 heteroatoms. The van der Waals surface area contributed by atoms with Crippen molar-refractivity contribution in [2.45, 2.75) is 31.6 Å². The number of likely N-dealkylation sites (tertiary alicyclic amines) is 1. The fourth-order valence-corrected chi connectivity index (χ4v) is 4.18. The molecule has 2 saturated heterocycles. The predicted octanol–water partition coefficient (Wildman–Crippen LogP) is 3.87. The fraction of sp³-hybridized carbons (Fsp3) is 0.474. The number of anilines is 1. The quantitative estimate of drug-likeness (QED) is 0.735. The summed E-state index contributed by atoms with van der Waals surface area (Å²) in [6.07, 6.45) is -1.79. The SMILES string of the molecule is Fc1ccc(CN2CCC3CCN(c4cc(C(F)(F)F)ncn4)CC32)c(F)c1. The van der Waals surface area contributed by atoms with E-state index >= 15 is 0 Å². The number of benzene rings is 1. The number of aromatic nitrogens is 2. The van der Waals surface area contributed by atoms with Crippen LogP contribution in [0.2, 0.25) is 0 Å². The lowest BCUT2D eigenvalue weighted by Crippen LogP contribution is -2.48. The molecule has 2 aromatic rings. The van der Waals surface area contributed by atoms with E-state index in [4.69, 9.17) is 0 Å². The van der Waals surface area contributed by atoms with Crippen LogP contribution in [0.5, 0.6) is 0 Å². The molecule has 0 N–H and O–H groups in total. The Morgan fingerprint density at radius 2 is 1.82 bits per heavy atom. The van der Waals surface area contributed by atoms with Crippen molar-refractivity contribution < 1.29 is 22.0 Å². The van der Waals surface area contributed by atoms with Crippen LogP contribution in [0.1, 0.15) is 24.1 Å². The molecule has 2 atom stereocenters. The van der Waals surface area contributed by atoms with Crippen LogP contribution < -0.4 is 4.90 Å². The minimum Gasteiger partial charge on any atom is -0.355 e. The number of nitrogens with zero attached hydrogens (tertiary/aromatic N) is 4. The number of fused-ring (bicyclic) bond motifs is 1. The third kappa shape index (κ3) is 3.80. The van der Waals surface area contributed by atoms with Crippen molar-refractivity contribution in [1.82, 2.24) is 14.9 Å². The van der Waals surface area contributed by atoms with Crippen molar-refractivity contribution in [2.75, 3.05) is 24.5 Å². The molecule has 0 saturated carbocycles. The molecule has 1 aromatic carbocycles. The summed E-state index contributed by atoms with van der Waals surface area (Å²) < 4.78 is 66.0. The van der Waals surface area contributed by atoms with Crippen molar-refractivity contribution in [3.05, 3.63) is 53.5 Å². The zero-order valence-corrected chi connectivity index (χ0v) is 15.0. The molecular weight excluding hydrogens is 379 g/mol. The standard InChI is InChI=1S/C19H19F5N4/c20-14-2-1-13(15(21)7-14)9-27-5-3-12-4-6-28(10-16(12)27)18-8-17(19(22,23)24)25-11-26-18/h1-2,7-8,11-12,16H,3-6,9-10H2. The summed E-state index contributed by atoms with van der Waals surface area (Å²) in [5.41, 5.74) is -0.545. The molecule has 1 aromatic heterocycles. The van der Waals surface area contributed by atoms with Gasteiger partial charge in [-0.1, -0.05) is 6.07 Å². The molecular formula is C19H19F5N4. The molecule has 28 heavy (non-hydrogen) atoms. The van der Waals surface area contributed by atoms with E-state index in [-0.39, 0.29) is 11.9 Å². The molecule has 0 radical (unpaired) electrons. The lowest BCUT2D eigenvalue weighted by molar-refractivity contribution is -0.141. The third-order valence-corrected chi connectivity index (χ3v) is 5.63. The van der Waals surface area contributed by atoms with Crippen molar-refractivity contribution in [3.8, 4) is 0 Å². The van der Waals surface area contributed by atoms with Crippen LogP contribution >= 0.6 is 0 Å². The number of alkyl halides is 3. The van der Waals surface area contributed by atoms with E-state index in [9.17, 15) is 22.0 Å². The molecule has 2 unspecified atom stereocenters. The summed E-state index contributed by atoms with van der Waals surface area (Å²) in [4.78, 5) is 11.3. The minimum absolute atomic E-state index is 0.0857. The molecule has 2 aliphatic rings. The molecule has 0 spiro atoms. The Morgan fingerprint density at radius 1 is 1.04 bits per heavy atom. The van der Waals surface area contributed by atoms with Gasteiger partial charge in [0.15, 0.2) is 0 Å². The average molecular weight is 398 g/mol. The van der Waals surface area contributed by atoms with Gasteiger partial charge < -0.3 is 4.90 Å². The minimum atomic E-state index is -4.52. The summed E-state index contributed by atoms with van der Waals surface area (Å²) in [5.74, 6) is -0.542. The van der Waals surface area contributed by atoms with Crippen molar-refractivity contribution in [1.29, 1.82) is 0 Å². The van der Waals surface area contributed by atoms with Gasteiger partial charge in [0, 0.05) is 43.4 Å². The van der Waals surface area contributed by atoms with E-state index in [0.29, 0.717) is 31.1 Å². The van der Waals surface area contributed by atoms with Crippen molar-refractivity contribution in [2.24, 2.45) is 5.92 Å². The first kappa shape index (κ1) is 19.0. The Kier molecular flexibility index (Phi) is 4.95. The van der Waals surface area contributed by atoms with Crippen LogP contribution in [0.3, 0.4) is 0 Å². The van der Waals surface area contributed by atoms with E-state index in [1.165, 1.54) is 12.1 Å². The van der Waals surface area contributed by atoms with Gasteiger partial charge in [0.25, 0.3) is 0 Å². The van der Waals surface area contributed by atoms with E-state index in [1.54, 1.807) is 0 Å². The highest BCUT2D eigenvalue weighted by molar-refractivity contribution is 5.40. The molecule has 0 aliphatic carbocycles. The molecule has 2 fully saturated rings. The molecule has 0 amide bonds. The normalized spacial score (nSPS) is 23.1. The highest BCUT2D eigenvalue weighted by Crippen LogP contribution is 2.35. The molecule has 4 rings (SSSR count). The van der Waals surface area contributed by atoms with E-state index in [0.717, 1.165) is 37.8 Å². The molecule has 3 heterocycles. The summed E-state index contributed by atoms with van der Waals surface area (Å²) in [6, 6.07) is 4.61. The summed E-state index contributed by atoms with van der Waals surface area (Å²) in [6.45, 7) is 2.26. The van der Waals surface area contributed by atoms with Crippen molar-refractivity contribution in [3.63, 3.8) is 0 Å². The van der Waals surface area contributed by atoms with Gasteiger partial charge in [0.05, 0.1) is 0 Å². The van der Waals surface area contributed by atoms with Crippen molar-refractivity contribution >= 4 is 5.82 Å². The lowest BCUT2D eigenvalue weighted by atomic mass is 9.92. The predicted molar refractivity (Wildman–Crippen MR) is 92.5 cm³/mol. The number of hydrogen-bond donors (Lipinski definition) is 0. The van der Waals surface area contributed by atoms with E-state index < -0.39 is 23.5 Å². The molecule has 2 aliphatic heterocycles. The maximum Gasteiger partial charge on any atom is 0.433 e. The second kappa shape index (κ2) is 7.27. The third-order valence-electron chi connectivity index (χ3n) is 5.63. The zero-order chi connectivity index (χ0) is 19.9. The molecule has 4 nitrogen and oxygen atoms in total. The Hall–Kier alpha value is -2.29. The number of hydrogen-bond acceptors (Lipinski definition) is 4. The van der Waals surface area contributed by atoms with Crippen LogP contribution in [0.15, 0.2) is 30.6 Å². The Labute approximate surface area is 159 Å². The van der Waals surface area contributed by atoms with Gasteiger partial charge in [-0.2, -0.15) is 13.2 Å². The first-order chi connectivity index (χ1) is 13.3. The number of rotatable bonds is 3.